The summed E-state index contributed by atoms with van der Waals surface area (Å²) >= 11 is 20.7. The number of aromatic nitrogens is 2. The van der Waals surface area contributed by atoms with E-state index in [-0.39, 0.29) is 23.3 Å². The summed E-state index contributed by atoms with van der Waals surface area (Å²) in [6.45, 7) is -0.227. The molecule has 0 saturated carbocycles. The first-order valence-electron chi connectivity index (χ1n) is 7.13. The Kier molecular flexibility index (Phi) is 6.61. The van der Waals surface area contributed by atoms with E-state index in [9.17, 15) is 4.79 Å². The minimum absolute atomic E-state index is 0.227. The smallest absolute Gasteiger partial charge is 0.262 e. The molecule has 5 nitrogen and oxygen atoms in total. The molecule has 0 aliphatic carbocycles. The van der Waals surface area contributed by atoms with E-state index in [4.69, 9.17) is 39.5 Å². The number of ether oxygens (including phenoxy) is 1. The lowest BCUT2D eigenvalue weighted by atomic mass is 10.3. The third-order valence-electron chi connectivity index (χ3n) is 3.03. The first kappa shape index (κ1) is 19.3. The van der Waals surface area contributed by atoms with Crippen LogP contribution in [0.2, 0.25) is 15.1 Å². The van der Waals surface area contributed by atoms with Crippen LogP contribution in [0.25, 0.3) is 0 Å². The number of benzene rings is 2. The molecule has 0 fully saturated rings. The standard InChI is InChI=1S/C16H10Cl3N3O2S2/c17-9-5-11(19)13(6-10(9)18)24-7-15(23)21-12-3-1-2-4-14(12)26-16-22-20-8-25-16/h1-6,8H,7H2,(H,21,23). The highest BCUT2D eigenvalue weighted by molar-refractivity contribution is 8.01. The number of carbonyl (C=O) groups is 1. The summed E-state index contributed by atoms with van der Waals surface area (Å²) in [6, 6.07) is 10.3. The molecule has 0 bridgehead atoms. The topological polar surface area (TPSA) is 64.1 Å². The highest BCUT2D eigenvalue weighted by Crippen LogP contribution is 2.35. The van der Waals surface area contributed by atoms with Crippen molar-refractivity contribution in [3.63, 3.8) is 0 Å². The van der Waals surface area contributed by atoms with Gasteiger partial charge in [0, 0.05) is 11.0 Å². The monoisotopic (exact) mass is 445 g/mol. The molecule has 3 rings (SSSR count). The van der Waals surface area contributed by atoms with Crippen LogP contribution in [0.3, 0.4) is 0 Å². The van der Waals surface area contributed by atoms with E-state index in [2.05, 4.69) is 15.5 Å². The highest BCUT2D eigenvalue weighted by Gasteiger charge is 2.12. The van der Waals surface area contributed by atoms with Crippen molar-refractivity contribution in [3.05, 3.63) is 57.0 Å². The number of nitrogens with zero attached hydrogens (tertiary/aromatic N) is 2. The Morgan fingerprint density at radius 3 is 2.69 bits per heavy atom. The van der Waals surface area contributed by atoms with Crippen molar-refractivity contribution in [3.8, 4) is 5.75 Å². The van der Waals surface area contributed by atoms with E-state index in [0.29, 0.717) is 15.7 Å². The predicted octanol–water partition coefficient (Wildman–Crippen LogP) is 5.67. The average Bonchev–Trinajstić information content (AvgIpc) is 3.12. The Bertz CT molecular complexity index is 923. The normalized spacial score (nSPS) is 10.6. The zero-order valence-corrected chi connectivity index (χ0v) is 16.8. The number of nitrogens with one attached hydrogen (secondary N) is 1. The molecule has 26 heavy (non-hydrogen) atoms. The van der Waals surface area contributed by atoms with Crippen LogP contribution in [0.5, 0.6) is 5.75 Å². The highest BCUT2D eigenvalue weighted by atomic mass is 35.5. The van der Waals surface area contributed by atoms with Crippen molar-refractivity contribution in [2.24, 2.45) is 0 Å². The van der Waals surface area contributed by atoms with Gasteiger partial charge in [-0.2, -0.15) is 0 Å². The van der Waals surface area contributed by atoms with Crippen LogP contribution in [0, 0.1) is 0 Å². The molecule has 1 aromatic heterocycles. The molecule has 0 spiro atoms. The summed E-state index contributed by atoms with van der Waals surface area (Å²) in [6.07, 6.45) is 0. The molecule has 10 heteroatoms. The van der Waals surface area contributed by atoms with Crippen molar-refractivity contribution in [2.45, 2.75) is 9.24 Å². The van der Waals surface area contributed by atoms with Gasteiger partial charge in [0.1, 0.15) is 11.3 Å². The van der Waals surface area contributed by atoms with Crippen LogP contribution in [0.4, 0.5) is 5.69 Å². The maximum absolute atomic E-state index is 12.2. The third-order valence-corrected chi connectivity index (χ3v) is 5.90. The molecule has 0 unspecified atom stereocenters. The number of carbonyl (C=O) groups excluding carboxylic acids is 1. The van der Waals surface area contributed by atoms with Gasteiger partial charge in [0.2, 0.25) is 0 Å². The molecule has 0 saturated heterocycles. The van der Waals surface area contributed by atoms with Crippen LogP contribution in [0.1, 0.15) is 0 Å². The molecule has 0 aliphatic heterocycles. The zero-order chi connectivity index (χ0) is 18.5. The zero-order valence-electron chi connectivity index (χ0n) is 12.9. The number of hydrogen-bond acceptors (Lipinski definition) is 6. The second-order valence-corrected chi connectivity index (χ2v) is 8.18. The largest absolute Gasteiger partial charge is 0.482 e. The SMILES string of the molecule is O=C(COc1cc(Cl)c(Cl)cc1Cl)Nc1ccccc1Sc1nncs1. The summed E-state index contributed by atoms with van der Waals surface area (Å²) < 4.78 is 6.22. The maximum atomic E-state index is 12.2. The number of para-hydroxylation sites is 1. The van der Waals surface area contributed by atoms with Gasteiger partial charge in [-0.15, -0.1) is 10.2 Å². The second-order valence-electron chi connectivity index (χ2n) is 4.84. The first-order valence-corrected chi connectivity index (χ1v) is 9.96. The van der Waals surface area contributed by atoms with Crippen molar-refractivity contribution in [2.75, 3.05) is 11.9 Å². The fourth-order valence-corrected chi connectivity index (χ4v) is 4.02. The van der Waals surface area contributed by atoms with Gasteiger partial charge in [0.25, 0.3) is 5.91 Å². The summed E-state index contributed by atoms with van der Waals surface area (Å²) in [7, 11) is 0. The first-order chi connectivity index (χ1) is 12.5. The lowest BCUT2D eigenvalue weighted by molar-refractivity contribution is -0.118. The van der Waals surface area contributed by atoms with Crippen molar-refractivity contribution >= 4 is 69.5 Å². The summed E-state index contributed by atoms with van der Waals surface area (Å²) in [5.74, 6) is -0.0508. The molecular weight excluding hydrogens is 437 g/mol. The lowest BCUT2D eigenvalue weighted by Gasteiger charge is -2.11. The molecular formula is C16H10Cl3N3O2S2. The van der Waals surface area contributed by atoms with E-state index in [1.807, 2.05) is 18.2 Å². The fourth-order valence-electron chi connectivity index (χ4n) is 1.90. The van der Waals surface area contributed by atoms with Gasteiger partial charge in [-0.1, -0.05) is 70.0 Å². The fraction of sp³-hybridized carbons (Fsp3) is 0.0625. The minimum atomic E-state index is -0.336. The maximum Gasteiger partial charge on any atom is 0.262 e. The van der Waals surface area contributed by atoms with E-state index in [1.165, 1.54) is 35.2 Å². The lowest BCUT2D eigenvalue weighted by Crippen LogP contribution is -2.20. The number of halogens is 3. The number of amides is 1. The van der Waals surface area contributed by atoms with Gasteiger partial charge >= 0.3 is 0 Å². The second kappa shape index (κ2) is 8.92. The average molecular weight is 447 g/mol. The van der Waals surface area contributed by atoms with Gasteiger partial charge in [-0.05, 0) is 18.2 Å². The van der Waals surface area contributed by atoms with Crippen molar-refractivity contribution in [1.29, 1.82) is 0 Å². The summed E-state index contributed by atoms with van der Waals surface area (Å²) in [5, 5.41) is 11.5. The Balaban J connectivity index is 1.65. The molecule has 1 heterocycles. The molecule has 2 aromatic carbocycles. The van der Waals surface area contributed by atoms with Crippen LogP contribution < -0.4 is 10.1 Å². The number of rotatable bonds is 6. The predicted molar refractivity (Wildman–Crippen MR) is 106 cm³/mol. The third kappa shape index (κ3) is 5.02. The Hall–Kier alpha value is -1.51. The summed E-state index contributed by atoms with van der Waals surface area (Å²) in [4.78, 5) is 13.1. The molecule has 0 aliphatic rings. The Labute approximate surface area is 172 Å². The molecule has 134 valence electrons. The van der Waals surface area contributed by atoms with E-state index in [1.54, 1.807) is 11.6 Å². The summed E-state index contributed by atoms with van der Waals surface area (Å²) in [5.41, 5.74) is 2.31. The Morgan fingerprint density at radius 1 is 1.15 bits per heavy atom. The quantitative estimate of drug-likeness (QED) is 0.494. The van der Waals surface area contributed by atoms with Crippen LogP contribution >= 0.6 is 57.9 Å². The minimum Gasteiger partial charge on any atom is -0.482 e. The van der Waals surface area contributed by atoms with E-state index in [0.717, 1.165) is 9.24 Å². The van der Waals surface area contributed by atoms with Crippen LogP contribution in [0.15, 0.2) is 51.1 Å². The van der Waals surface area contributed by atoms with Gasteiger partial charge in [0.05, 0.1) is 20.8 Å². The molecule has 0 radical (unpaired) electrons. The van der Waals surface area contributed by atoms with Crippen molar-refractivity contribution < 1.29 is 9.53 Å². The van der Waals surface area contributed by atoms with Gasteiger partial charge in [-0.25, -0.2) is 0 Å². The number of hydrogen-bond donors (Lipinski definition) is 1. The van der Waals surface area contributed by atoms with Crippen LogP contribution in [-0.2, 0) is 4.79 Å². The van der Waals surface area contributed by atoms with Gasteiger partial charge in [0.15, 0.2) is 10.9 Å². The van der Waals surface area contributed by atoms with Gasteiger partial charge in [-0.3, -0.25) is 4.79 Å². The molecule has 1 amide bonds. The molecule has 0 atom stereocenters. The van der Waals surface area contributed by atoms with E-state index < -0.39 is 0 Å². The van der Waals surface area contributed by atoms with Gasteiger partial charge < -0.3 is 10.1 Å². The van der Waals surface area contributed by atoms with E-state index >= 15 is 0 Å². The Morgan fingerprint density at radius 2 is 1.92 bits per heavy atom. The number of anilines is 1. The van der Waals surface area contributed by atoms with Crippen LogP contribution in [-0.4, -0.2) is 22.7 Å². The molecule has 1 N–H and O–H groups in total. The van der Waals surface area contributed by atoms with Crippen molar-refractivity contribution in [1.82, 2.24) is 10.2 Å². The molecule has 3 aromatic rings.